The van der Waals surface area contributed by atoms with E-state index < -0.39 is 11.1 Å². The van der Waals surface area contributed by atoms with Gasteiger partial charge in [0, 0.05) is 24.1 Å². The van der Waals surface area contributed by atoms with E-state index in [0.717, 1.165) is 31.7 Å². The van der Waals surface area contributed by atoms with Crippen molar-refractivity contribution in [3.05, 3.63) is 53.7 Å². The molecular formula is C24H27ClN5O4S-. The van der Waals surface area contributed by atoms with Gasteiger partial charge in [0.2, 0.25) is 5.95 Å². The summed E-state index contributed by atoms with van der Waals surface area (Å²) in [7, 11) is 2.12. The molecule has 11 heteroatoms. The molecule has 0 amide bonds. The number of halogens is 1. The molecule has 0 bridgehead atoms. The maximum absolute atomic E-state index is 11.5. The Hall–Kier alpha value is -2.92. The third-order valence-electron chi connectivity index (χ3n) is 5.53. The molecule has 0 spiro atoms. The zero-order valence-electron chi connectivity index (χ0n) is 19.5. The zero-order chi connectivity index (χ0) is 24.8. The lowest BCUT2D eigenvalue weighted by Gasteiger charge is -2.29. The minimum Gasteiger partial charge on any atom is -0.768 e. The summed E-state index contributed by atoms with van der Waals surface area (Å²) in [6, 6.07) is 12.1. The second-order valence-corrected chi connectivity index (χ2v) is 9.40. The van der Waals surface area contributed by atoms with Crippen molar-refractivity contribution in [3.8, 4) is 11.5 Å². The van der Waals surface area contributed by atoms with Crippen LogP contribution in [0.5, 0.6) is 11.5 Å². The minimum absolute atomic E-state index is 0.107. The van der Waals surface area contributed by atoms with Gasteiger partial charge in [-0.3, -0.25) is 4.21 Å². The first-order valence-corrected chi connectivity index (χ1v) is 12.7. The van der Waals surface area contributed by atoms with E-state index in [-0.39, 0.29) is 27.8 Å². The third-order valence-corrected chi connectivity index (χ3v) is 6.52. The van der Waals surface area contributed by atoms with Gasteiger partial charge in [0.1, 0.15) is 22.6 Å². The fourth-order valence-corrected chi connectivity index (χ4v) is 4.35. The molecule has 35 heavy (non-hydrogen) atoms. The highest BCUT2D eigenvalue weighted by Crippen LogP contribution is 2.33. The van der Waals surface area contributed by atoms with Crippen molar-refractivity contribution >= 4 is 45.8 Å². The van der Waals surface area contributed by atoms with E-state index in [4.69, 9.17) is 21.1 Å². The average Bonchev–Trinajstić information content (AvgIpc) is 2.84. The Morgan fingerprint density at radius 2 is 1.94 bits per heavy atom. The van der Waals surface area contributed by atoms with Crippen LogP contribution in [0, 0.1) is 0 Å². The SMILES string of the molecule is CCOc1cc(OC2CCN(C)CC2)ccc1Nc1ncc(Cl)c(Nc2ccccc2S(=O)[O-])n1. The van der Waals surface area contributed by atoms with E-state index >= 15 is 0 Å². The monoisotopic (exact) mass is 516 g/mol. The van der Waals surface area contributed by atoms with Crippen molar-refractivity contribution < 1.29 is 18.2 Å². The molecule has 2 N–H and O–H groups in total. The average molecular weight is 517 g/mol. The topological polar surface area (TPSA) is 112 Å². The Bertz CT molecular complexity index is 1190. The summed E-state index contributed by atoms with van der Waals surface area (Å²) < 4.78 is 35.1. The predicted molar refractivity (Wildman–Crippen MR) is 136 cm³/mol. The first-order chi connectivity index (χ1) is 16.9. The molecule has 2 heterocycles. The molecule has 1 unspecified atom stereocenters. The Morgan fingerprint density at radius 1 is 1.17 bits per heavy atom. The molecular weight excluding hydrogens is 490 g/mol. The Balaban J connectivity index is 1.53. The molecule has 2 aromatic carbocycles. The Labute approximate surface area is 212 Å². The van der Waals surface area contributed by atoms with E-state index in [2.05, 4.69) is 32.5 Å². The van der Waals surface area contributed by atoms with E-state index in [1.807, 2.05) is 25.1 Å². The van der Waals surface area contributed by atoms with Crippen LogP contribution in [-0.4, -0.2) is 56.5 Å². The van der Waals surface area contributed by atoms with Crippen LogP contribution in [0.2, 0.25) is 5.02 Å². The number of ether oxygens (including phenoxy) is 2. The van der Waals surface area contributed by atoms with Gasteiger partial charge in [-0.15, -0.1) is 0 Å². The smallest absolute Gasteiger partial charge is 0.229 e. The lowest BCUT2D eigenvalue weighted by molar-refractivity contribution is 0.114. The van der Waals surface area contributed by atoms with Crippen molar-refractivity contribution in [3.63, 3.8) is 0 Å². The molecule has 1 saturated heterocycles. The molecule has 0 saturated carbocycles. The summed E-state index contributed by atoms with van der Waals surface area (Å²) in [5.41, 5.74) is 1.02. The van der Waals surface area contributed by atoms with Crippen LogP contribution in [0.3, 0.4) is 0 Å². The van der Waals surface area contributed by atoms with E-state index in [9.17, 15) is 8.76 Å². The van der Waals surface area contributed by atoms with Gasteiger partial charge in [0.05, 0.1) is 24.2 Å². The van der Waals surface area contributed by atoms with Crippen LogP contribution in [0.25, 0.3) is 0 Å². The summed E-state index contributed by atoms with van der Waals surface area (Å²) in [5, 5.41) is 6.37. The Morgan fingerprint density at radius 3 is 2.69 bits per heavy atom. The first-order valence-electron chi connectivity index (χ1n) is 11.3. The number of nitrogens with one attached hydrogen (secondary N) is 2. The number of rotatable bonds is 9. The van der Waals surface area contributed by atoms with Gasteiger partial charge >= 0.3 is 0 Å². The molecule has 3 aromatic rings. The van der Waals surface area contributed by atoms with Gasteiger partial charge in [-0.2, -0.15) is 4.98 Å². The fourth-order valence-electron chi connectivity index (χ4n) is 3.73. The van der Waals surface area contributed by atoms with E-state index in [0.29, 0.717) is 23.7 Å². The molecule has 1 aromatic heterocycles. The summed E-state index contributed by atoms with van der Waals surface area (Å²) in [4.78, 5) is 11.1. The van der Waals surface area contributed by atoms with Crippen molar-refractivity contribution in [2.24, 2.45) is 0 Å². The van der Waals surface area contributed by atoms with Crippen molar-refractivity contribution in [2.45, 2.75) is 30.8 Å². The Kier molecular flexibility index (Phi) is 8.40. The second-order valence-electron chi connectivity index (χ2n) is 8.08. The van der Waals surface area contributed by atoms with Gasteiger partial charge in [0.15, 0.2) is 5.82 Å². The van der Waals surface area contributed by atoms with Gasteiger partial charge in [-0.25, -0.2) is 4.98 Å². The van der Waals surface area contributed by atoms with E-state index in [1.54, 1.807) is 18.2 Å². The fraction of sp³-hybridized carbons (Fsp3) is 0.333. The number of nitrogens with zero attached hydrogens (tertiary/aromatic N) is 3. The molecule has 1 aliphatic heterocycles. The molecule has 4 rings (SSSR count). The lowest BCUT2D eigenvalue weighted by atomic mass is 10.1. The second kappa shape index (κ2) is 11.7. The number of piperidine rings is 1. The molecule has 1 fully saturated rings. The number of likely N-dealkylation sites (tertiary alicyclic amines) is 1. The normalized spacial score (nSPS) is 15.4. The van der Waals surface area contributed by atoms with E-state index in [1.165, 1.54) is 12.3 Å². The zero-order valence-corrected chi connectivity index (χ0v) is 21.1. The lowest BCUT2D eigenvalue weighted by Crippen LogP contribution is -2.35. The number of aromatic nitrogens is 2. The highest BCUT2D eigenvalue weighted by molar-refractivity contribution is 7.79. The maximum Gasteiger partial charge on any atom is 0.229 e. The molecule has 9 nitrogen and oxygen atoms in total. The van der Waals surface area contributed by atoms with Gasteiger partial charge in [0.25, 0.3) is 0 Å². The number of hydrogen-bond acceptors (Lipinski definition) is 9. The third kappa shape index (κ3) is 6.61. The van der Waals surface area contributed by atoms with Crippen LogP contribution in [0.4, 0.5) is 23.1 Å². The number of hydrogen-bond donors (Lipinski definition) is 2. The molecule has 0 radical (unpaired) electrons. The number of para-hydroxylation sites is 1. The molecule has 1 aliphatic rings. The molecule has 0 aliphatic carbocycles. The summed E-state index contributed by atoms with van der Waals surface area (Å²) in [5.74, 6) is 1.89. The summed E-state index contributed by atoms with van der Waals surface area (Å²) in [6.45, 7) is 4.42. The van der Waals surface area contributed by atoms with Crippen LogP contribution in [-0.2, 0) is 11.1 Å². The maximum atomic E-state index is 11.5. The van der Waals surface area contributed by atoms with Crippen LogP contribution in [0.15, 0.2) is 53.6 Å². The van der Waals surface area contributed by atoms with Gasteiger partial charge in [-0.05, 0) is 62.2 Å². The molecule has 186 valence electrons. The number of anilines is 4. The highest BCUT2D eigenvalue weighted by atomic mass is 35.5. The predicted octanol–water partition coefficient (Wildman–Crippen LogP) is 4.73. The van der Waals surface area contributed by atoms with Crippen LogP contribution in [0.1, 0.15) is 19.8 Å². The van der Waals surface area contributed by atoms with Crippen LogP contribution >= 0.6 is 11.6 Å². The van der Waals surface area contributed by atoms with Crippen molar-refractivity contribution in [1.82, 2.24) is 14.9 Å². The summed E-state index contributed by atoms with van der Waals surface area (Å²) in [6.07, 6.45) is 3.59. The first kappa shape index (κ1) is 25.2. The van der Waals surface area contributed by atoms with Crippen LogP contribution < -0.4 is 20.1 Å². The highest BCUT2D eigenvalue weighted by Gasteiger charge is 2.19. The largest absolute Gasteiger partial charge is 0.768 e. The van der Waals surface area contributed by atoms with Crippen molar-refractivity contribution in [2.75, 3.05) is 37.4 Å². The minimum atomic E-state index is -2.42. The van der Waals surface area contributed by atoms with Gasteiger partial charge in [-0.1, -0.05) is 23.7 Å². The quantitative estimate of drug-likeness (QED) is 0.390. The van der Waals surface area contributed by atoms with Crippen molar-refractivity contribution in [1.29, 1.82) is 0 Å². The summed E-state index contributed by atoms with van der Waals surface area (Å²) >= 11 is 3.86. The standard InChI is InChI=1S/C24H28ClN5O4S/c1-3-33-21-14-17(34-16-10-12-30(2)13-11-16)8-9-19(21)28-24-26-15-18(25)23(29-24)27-20-6-4-5-7-22(20)35(31)32/h4-9,14-16H,3,10-13H2,1-2H3,(H,31,32)(H2,26,27,28,29)/p-1. The number of benzene rings is 2. The van der Waals surface area contributed by atoms with Gasteiger partial charge < -0.3 is 29.6 Å². The molecule has 1 atom stereocenters.